The molecule has 1 heterocycles. The molecule has 1 aliphatic rings. The van der Waals surface area contributed by atoms with Crippen molar-refractivity contribution in [1.29, 1.82) is 0 Å². The molecule has 0 saturated carbocycles. The van der Waals surface area contributed by atoms with E-state index in [2.05, 4.69) is 0 Å². The van der Waals surface area contributed by atoms with E-state index in [1.165, 1.54) is 35.2 Å². The lowest BCUT2D eigenvalue weighted by atomic mass is 9.88. The van der Waals surface area contributed by atoms with Gasteiger partial charge in [0.15, 0.2) is 11.4 Å². The molecule has 1 amide bonds. The number of benzene rings is 3. The average Bonchev–Trinajstić information content (AvgIpc) is 2.96. The summed E-state index contributed by atoms with van der Waals surface area (Å²) < 4.78 is 0. The standard InChI is InChI=1S/C23H16Cl2N2O5/c24-16-7-10-20-18(11-16)23(30,12-21(28)14-5-8-17(9-6-14)27(31)32)22(29)26(20)13-15-3-1-2-4-19(15)25/h1-11,30H,12-13H2/t23-/m0/s1. The van der Waals surface area contributed by atoms with Crippen LogP contribution in [0, 0.1) is 10.1 Å². The van der Waals surface area contributed by atoms with Gasteiger partial charge in [-0.2, -0.15) is 0 Å². The van der Waals surface area contributed by atoms with Crippen LogP contribution in [0.2, 0.25) is 10.0 Å². The number of hydrogen-bond donors (Lipinski definition) is 1. The first kappa shape index (κ1) is 22.0. The molecule has 32 heavy (non-hydrogen) atoms. The van der Waals surface area contributed by atoms with Crippen LogP contribution in [-0.4, -0.2) is 21.7 Å². The van der Waals surface area contributed by atoms with Gasteiger partial charge in [-0.15, -0.1) is 0 Å². The number of nitrogens with zero attached hydrogens (tertiary/aromatic N) is 2. The second kappa shape index (κ2) is 8.35. The van der Waals surface area contributed by atoms with Gasteiger partial charge >= 0.3 is 0 Å². The molecule has 1 atom stereocenters. The molecule has 1 N–H and O–H groups in total. The van der Waals surface area contributed by atoms with E-state index < -0.39 is 28.6 Å². The smallest absolute Gasteiger partial charge is 0.269 e. The monoisotopic (exact) mass is 470 g/mol. The van der Waals surface area contributed by atoms with Crippen molar-refractivity contribution in [3.8, 4) is 0 Å². The number of amides is 1. The Kier molecular flexibility index (Phi) is 5.73. The van der Waals surface area contributed by atoms with Gasteiger partial charge in [-0.25, -0.2) is 0 Å². The summed E-state index contributed by atoms with van der Waals surface area (Å²) in [6.45, 7) is 0.0984. The normalized spacial score (nSPS) is 17.3. The third-order valence-corrected chi connectivity index (χ3v) is 6.00. The predicted molar refractivity (Wildman–Crippen MR) is 120 cm³/mol. The highest BCUT2D eigenvalue weighted by molar-refractivity contribution is 6.31. The van der Waals surface area contributed by atoms with Crippen LogP contribution in [0.5, 0.6) is 0 Å². The van der Waals surface area contributed by atoms with Crippen LogP contribution in [0.4, 0.5) is 11.4 Å². The van der Waals surface area contributed by atoms with Crippen molar-refractivity contribution in [2.75, 3.05) is 4.90 Å². The Balaban J connectivity index is 1.69. The van der Waals surface area contributed by atoms with E-state index in [1.54, 1.807) is 36.4 Å². The maximum atomic E-state index is 13.4. The molecule has 0 aromatic heterocycles. The van der Waals surface area contributed by atoms with Crippen molar-refractivity contribution in [2.45, 2.75) is 18.6 Å². The maximum Gasteiger partial charge on any atom is 0.269 e. The second-order valence-corrected chi connectivity index (χ2v) is 8.25. The fraction of sp³-hybridized carbons (Fsp3) is 0.130. The Hall–Kier alpha value is -3.26. The zero-order chi connectivity index (χ0) is 23.0. The number of hydrogen-bond acceptors (Lipinski definition) is 5. The predicted octanol–water partition coefficient (Wildman–Crippen LogP) is 4.91. The van der Waals surface area contributed by atoms with E-state index in [1.807, 2.05) is 0 Å². The van der Waals surface area contributed by atoms with Gasteiger partial charge < -0.3 is 10.0 Å². The van der Waals surface area contributed by atoms with Crippen molar-refractivity contribution in [3.05, 3.63) is 104 Å². The van der Waals surface area contributed by atoms with Crippen LogP contribution in [0.15, 0.2) is 66.7 Å². The number of nitro groups is 1. The number of carbonyl (C=O) groups excluding carboxylic acids is 2. The number of carbonyl (C=O) groups is 2. The quantitative estimate of drug-likeness (QED) is 0.313. The van der Waals surface area contributed by atoms with Crippen molar-refractivity contribution in [3.63, 3.8) is 0 Å². The van der Waals surface area contributed by atoms with Gasteiger partial charge in [-0.3, -0.25) is 19.7 Å². The lowest BCUT2D eigenvalue weighted by molar-refractivity contribution is -0.384. The largest absolute Gasteiger partial charge is 0.375 e. The first-order valence-corrected chi connectivity index (χ1v) is 10.3. The molecule has 3 aromatic rings. The van der Waals surface area contributed by atoms with Crippen LogP contribution in [-0.2, 0) is 16.9 Å². The Morgan fingerprint density at radius 3 is 2.41 bits per heavy atom. The molecule has 0 unspecified atom stereocenters. The van der Waals surface area contributed by atoms with E-state index in [4.69, 9.17) is 23.2 Å². The summed E-state index contributed by atoms with van der Waals surface area (Å²) in [5.41, 5.74) is -0.837. The van der Waals surface area contributed by atoms with Crippen molar-refractivity contribution in [1.82, 2.24) is 0 Å². The minimum absolute atomic E-state index is 0.0984. The van der Waals surface area contributed by atoms with E-state index in [-0.39, 0.29) is 23.4 Å². The summed E-state index contributed by atoms with van der Waals surface area (Å²) in [5.74, 6) is -1.22. The topological polar surface area (TPSA) is 101 Å². The molecule has 0 radical (unpaired) electrons. The van der Waals surface area contributed by atoms with Crippen LogP contribution in [0.1, 0.15) is 27.9 Å². The van der Waals surface area contributed by atoms with Crippen LogP contribution < -0.4 is 4.90 Å². The SMILES string of the molecule is O=C(C[C@@]1(O)C(=O)N(Cc2ccccc2Cl)c2ccc(Cl)cc21)c1ccc([N+](=O)[O-])cc1. The minimum atomic E-state index is -2.14. The average molecular weight is 471 g/mol. The number of ketones is 1. The van der Waals surface area contributed by atoms with Gasteiger partial charge in [0.05, 0.1) is 23.6 Å². The molecular formula is C23H16Cl2N2O5. The first-order valence-electron chi connectivity index (χ1n) is 9.56. The molecule has 0 fully saturated rings. The lowest BCUT2D eigenvalue weighted by Gasteiger charge is -2.23. The number of aliphatic hydroxyl groups is 1. The number of non-ortho nitro benzene ring substituents is 1. The highest BCUT2D eigenvalue weighted by atomic mass is 35.5. The third kappa shape index (κ3) is 3.86. The molecule has 0 bridgehead atoms. The third-order valence-electron chi connectivity index (χ3n) is 5.40. The number of halogens is 2. The molecule has 3 aromatic carbocycles. The van der Waals surface area contributed by atoms with Crippen molar-refractivity contribution in [2.24, 2.45) is 0 Å². The fourth-order valence-corrected chi connectivity index (χ4v) is 4.12. The summed E-state index contributed by atoms with van der Waals surface area (Å²) in [6, 6.07) is 16.7. The Morgan fingerprint density at radius 1 is 1.06 bits per heavy atom. The number of nitro benzene ring substituents is 1. The lowest BCUT2D eigenvalue weighted by Crippen LogP contribution is -2.41. The summed E-state index contributed by atoms with van der Waals surface area (Å²) in [7, 11) is 0. The maximum absolute atomic E-state index is 13.4. The molecule has 4 rings (SSSR count). The molecule has 9 heteroatoms. The minimum Gasteiger partial charge on any atom is -0.375 e. The molecule has 0 spiro atoms. The summed E-state index contributed by atoms with van der Waals surface area (Å²) >= 11 is 12.4. The van der Waals surface area contributed by atoms with E-state index in [0.29, 0.717) is 21.3 Å². The van der Waals surface area contributed by atoms with Crippen LogP contribution in [0.25, 0.3) is 0 Å². The van der Waals surface area contributed by atoms with Crippen LogP contribution >= 0.6 is 23.2 Å². The fourth-order valence-electron chi connectivity index (χ4n) is 3.75. The summed E-state index contributed by atoms with van der Waals surface area (Å²) in [5, 5.41) is 23.0. The highest BCUT2D eigenvalue weighted by Gasteiger charge is 2.51. The summed E-state index contributed by atoms with van der Waals surface area (Å²) in [6.07, 6.45) is -0.546. The zero-order valence-electron chi connectivity index (χ0n) is 16.5. The van der Waals surface area contributed by atoms with Gasteiger partial charge in [-0.1, -0.05) is 41.4 Å². The highest BCUT2D eigenvalue weighted by Crippen LogP contribution is 2.45. The first-order chi connectivity index (χ1) is 15.2. The molecule has 7 nitrogen and oxygen atoms in total. The summed E-state index contributed by atoms with van der Waals surface area (Å²) in [4.78, 5) is 37.9. The number of rotatable bonds is 6. The van der Waals surface area contributed by atoms with Gasteiger partial charge in [0.2, 0.25) is 0 Å². The van der Waals surface area contributed by atoms with Crippen molar-refractivity contribution < 1.29 is 19.6 Å². The Labute approximate surface area is 193 Å². The van der Waals surface area contributed by atoms with Crippen molar-refractivity contribution >= 4 is 46.3 Å². The van der Waals surface area contributed by atoms with E-state index >= 15 is 0 Å². The molecule has 0 saturated heterocycles. The van der Waals surface area contributed by atoms with Gasteiger partial charge in [0.1, 0.15) is 0 Å². The molecular weight excluding hydrogens is 455 g/mol. The molecule has 0 aliphatic carbocycles. The second-order valence-electron chi connectivity index (χ2n) is 7.41. The van der Waals surface area contributed by atoms with E-state index in [0.717, 1.165) is 0 Å². The van der Waals surface area contributed by atoms with E-state index in [9.17, 15) is 24.8 Å². The zero-order valence-corrected chi connectivity index (χ0v) is 18.0. The molecule has 1 aliphatic heterocycles. The Morgan fingerprint density at radius 2 is 1.75 bits per heavy atom. The van der Waals surface area contributed by atoms with Gasteiger partial charge in [-0.05, 0) is 42.0 Å². The number of Topliss-reactive ketones (excluding diaryl/α,β-unsaturated/α-hetero) is 1. The number of fused-ring (bicyclic) bond motifs is 1. The number of anilines is 1. The Bertz CT molecular complexity index is 1250. The van der Waals surface area contributed by atoms with Crippen LogP contribution in [0.3, 0.4) is 0 Å². The van der Waals surface area contributed by atoms with Gasteiger partial charge in [0, 0.05) is 33.3 Å². The molecule has 162 valence electrons. The van der Waals surface area contributed by atoms with Gasteiger partial charge in [0.25, 0.3) is 11.6 Å².